The van der Waals surface area contributed by atoms with Gasteiger partial charge in [-0.3, -0.25) is 14.2 Å². The normalized spacial score (nSPS) is 13.1. The Kier molecular flexibility index (Phi) is 6.62. The standard InChI is InChI=1S/C27H23Cl2NO2S/c1-27(2,3)24(31)15-25-30(16-19-11-12-20(28)14-22(19)29)26(32)23(33-25)13-18-9-6-8-17-7-4-5-10-21(17)18/h4-15H,16H2,1-3H3/b23-13-,25-15?. The number of fused-ring (bicyclic) bond motifs is 1. The molecular formula is C27H23Cl2NO2S. The zero-order valence-electron chi connectivity index (χ0n) is 18.6. The first-order valence-electron chi connectivity index (χ1n) is 10.5. The largest absolute Gasteiger partial charge is 0.294 e. The summed E-state index contributed by atoms with van der Waals surface area (Å²) >= 11 is 13.7. The second-order valence-electron chi connectivity index (χ2n) is 8.90. The quantitative estimate of drug-likeness (QED) is 0.367. The predicted octanol–water partition coefficient (Wildman–Crippen LogP) is 5.64. The van der Waals surface area contributed by atoms with Crippen LogP contribution in [0, 0.1) is 5.41 Å². The Morgan fingerprint density at radius 2 is 1.76 bits per heavy atom. The molecule has 33 heavy (non-hydrogen) atoms. The van der Waals surface area contributed by atoms with Gasteiger partial charge in [-0.1, -0.05) is 92.5 Å². The molecule has 0 saturated carbocycles. The summed E-state index contributed by atoms with van der Waals surface area (Å²) in [5.41, 5.74) is 1.00. The van der Waals surface area contributed by atoms with E-state index in [1.165, 1.54) is 11.3 Å². The molecule has 0 N–H and O–H groups in total. The Bertz CT molecular complexity index is 1540. The van der Waals surface area contributed by atoms with Crippen molar-refractivity contribution in [2.45, 2.75) is 27.3 Å². The Hall–Kier alpha value is -2.66. The van der Waals surface area contributed by atoms with Crippen LogP contribution in [0.15, 0.2) is 65.5 Å². The van der Waals surface area contributed by atoms with Crippen molar-refractivity contribution in [3.05, 3.63) is 101 Å². The third kappa shape index (κ3) is 5.14. The van der Waals surface area contributed by atoms with Crippen molar-refractivity contribution in [2.75, 3.05) is 0 Å². The number of nitrogens with zero attached hydrogens (tertiary/aromatic N) is 1. The number of ketones is 1. The summed E-state index contributed by atoms with van der Waals surface area (Å²) in [7, 11) is 0. The van der Waals surface area contributed by atoms with Crippen molar-refractivity contribution in [3.8, 4) is 0 Å². The van der Waals surface area contributed by atoms with Crippen LogP contribution >= 0.6 is 34.5 Å². The van der Waals surface area contributed by atoms with Gasteiger partial charge in [-0.2, -0.15) is 0 Å². The van der Waals surface area contributed by atoms with Gasteiger partial charge in [0, 0.05) is 21.5 Å². The molecule has 0 aliphatic rings. The van der Waals surface area contributed by atoms with Crippen LogP contribution in [0.4, 0.5) is 0 Å². The third-order valence-corrected chi connectivity index (χ3v) is 7.03. The highest BCUT2D eigenvalue weighted by molar-refractivity contribution is 7.07. The summed E-state index contributed by atoms with van der Waals surface area (Å²) in [4.78, 5) is 26.3. The number of benzene rings is 3. The Balaban J connectivity index is 1.94. The Labute approximate surface area is 206 Å². The molecule has 0 unspecified atom stereocenters. The van der Waals surface area contributed by atoms with E-state index < -0.39 is 5.41 Å². The molecule has 0 bridgehead atoms. The molecule has 0 aliphatic carbocycles. The Morgan fingerprint density at radius 1 is 1.03 bits per heavy atom. The van der Waals surface area contributed by atoms with Gasteiger partial charge in [0.05, 0.1) is 11.1 Å². The van der Waals surface area contributed by atoms with Crippen LogP contribution in [0.5, 0.6) is 0 Å². The average molecular weight is 496 g/mol. The van der Waals surface area contributed by atoms with Gasteiger partial charge in [-0.15, -0.1) is 11.3 Å². The lowest BCUT2D eigenvalue weighted by Gasteiger charge is -2.13. The van der Waals surface area contributed by atoms with E-state index in [0.29, 0.717) is 19.2 Å². The van der Waals surface area contributed by atoms with E-state index in [2.05, 4.69) is 0 Å². The number of carbonyl (C=O) groups excluding carboxylic acids is 1. The van der Waals surface area contributed by atoms with Crippen LogP contribution in [-0.4, -0.2) is 10.4 Å². The lowest BCUT2D eigenvalue weighted by atomic mass is 9.91. The fourth-order valence-corrected chi connectivity index (χ4v) is 4.96. The predicted molar refractivity (Wildman–Crippen MR) is 140 cm³/mol. The molecule has 4 aromatic rings. The number of rotatable bonds is 4. The summed E-state index contributed by atoms with van der Waals surface area (Å²) < 4.78 is 2.77. The van der Waals surface area contributed by atoms with Gasteiger partial charge >= 0.3 is 0 Å². The lowest BCUT2D eigenvalue weighted by molar-refractivity contribution is -0.120. The van der Waals surface area contributed by atoms with E-state index in [9.17, 15) is 9.59 Å². The van der Waals surface area contributed by atoms with Crippen molar-refractivity contribution < 1.29 is 4.79 Å². The number of hydrogen-bond donors (Lipinski definition) is 0. The highest BCUT2D eigenvalue weighted by Gasteiger charge is 2.20. The molecule has 0 atom stereocenters. The highest BCUT2D eigenvalue weighted by Crippen LogP contribution is 2.22. The summed E-state index contributed by atoms with van der Waals surface area (Å²) in [6.45, 7) is 5.83. The van der Waals surface area contributed by atoms with Gasteiger partial charge in [-0.05, 0) is 40.1 Å². The van der Waals surface area contributed by atoms with Gasteiger partial charge in [0.15, 0.2) is 5.78 Å². The number of thiazole rings is 1. The second-order valence-corrected chi connectivity index (χ2v) is 10.8. The van der Waals surface area contributed by atoms with Gasteiger partial charge < -0.3 is 0 Å². The lowest BCUT2D eigenvalue weighted by Crippen LogP contribution is -2.33. The zero-order chi connectivity index (χ0) is 23.8. The van der Waals surface area contributed by atoms with E-state index in [-0.39, 0.29) is 17.9 Å². The topological polar surface area (TPSA) is 39.1 Å². The molecule has 0 amide bonds. The molecule has 0 aliphatic heterocycles. The molecule has 1 aromatic heterocycles. The van der Waals surface area contributed by atoms with Gasteiger partial charge in [0.1, 0.15) is 4.66 Å². The minimum Gasteiger partial charge on any atom is -0.294 e. The van der Waals surface area contributed by atoms with E-state index >= 15 is 0 Å². The van der Waals surface area contributed by atoms with Crippen molar-refractivity contribution in [1.29, 1.82) is 0 Å². The average Bonchev–Trinajstić information content (AvgIpc) is 3.04. The number of hydrogen-bond acceptors (Lipinski definition) is 3. The number of Topliss-reactive ketones (excluding diaryl/α,β-unsaturated/α-hetero) is 1. The van der Waals surface area contributed by atoms with Crippen LogP contribution in [0.3, 0.4) is 0 Å². The molecule has 168 valence electrons. The minimum atomic E-state index is -0.553. The minimum absolute atomic E-state index is 0.0450. The fourth-order valence-electron chi connectivity index (χ4n) is 3.46. The van der Waals surface area contributed by atoms with Crippen LogP contribution < -0.4 is 14.8 Å². The molecule has 1 heterocycles. The highest BCUT2D eigenvalue weighted by atomic mass is 35.5. The number of halogens is 2. The first kappa shape index (κ1) is 23.5. The smallest absolute Gasteiger partial charge is 0.269 e. The van der Waals surface area contributed by atoms with Crippen molar-refractivity contribution in [3.63, 3.8) is 0 Å². The molecular weight excluding hydrogens is 473 g/mol. The van der Waals surface area contributed by atoms with E-state index in [0.717, 1.165) is 21.9 Å². The van der Waals surface area contributed by atoms with Crippen LogP contribution in [0.25, 0.3) is 22.9 Å². The van der Waals surface area contributed by atoms with Gasteiger partial charge in [-0.25, -0.2) is 0 Å². The summed E-state index contributed by atoms with van der Waals surface area (Å²) in [5, 5.41) is 3.18. The number of aromatic nitrogens is 1. The molecule has 0 radical (unpaired) electrons. The molecule has 0 fully saturated rings. The molecule has 6 heteroatoms. The monoisotopic (exact) mass is 495 g/mol. The Morgan fingerprint density at radius 3 is 2.48 bits per heavy atom. The van der Waals surface area contributed by atoms with Crippen LogP contribution in [0.2, 0.25) is 10.0 Å². The van der Waals surface area contributed by atoms with Gasteiger partial charge in [0.25, 0.3) is 5.56 Å². The SMILES string of the molecule is CC(C)(C)C(=O)C=c1s/c(=C\c2cccc3ccccc23)c(=O)n1Cc1ccc(Cl)cc1Cl. The maximum atomic E-state index is 13.5. The number of carbonyl (C=O) groups is 1. The molecule has 3 aromatic carbocycles. The molecule has 4 rings (SSSR count). The van der Waals surface area contributed by atoms with Crippen LogP contribution in [-0.2, 0) is 11.3 Å². The van der Waals surface area contributed by atoms with Crippen molar-refractivity contribution >= 4 is 63.2 Å². The van der Waals surface area contributed by atoms with E-state index in [4.69, 9.17) is 23.2 Å². The van der Waals surface area contributed by atoms with Gasteiger partial charge in [0.2, 0.25) is 0 Å². The molecule has 0 spiro atoms. The molecule has 0 saturated heterocycles. The van der Waals surface area contributed by atoms with Crippen molar-refractivity contribution in [1.82, 2.24) is 4.57 Å². The van der Waals surface area contributed by atoms with E-state index in [1.54, 1.807) is 28.8 Å². The summed E-state index contributed by atoms with van der Waals surface area (Å²) in [6, 6.07) is 19.3. The first-order chi connectivity index (χ1) is 15.6. The summed E-state index contributed by atoms with van der Waals surface area (Å²) in [5.74, 6) is -0.0450. The second kappa shape index (κ2) is 9.30. The zero-order valence-corrected chi connectivity index (χ0v) is 20.9. The first-order valence-corrected chi connectivity index (χ1v) is 12.1. The fraction of sp³-hybridized carbons (Fsp3) is 0.185. The van der Waals surface area contributed by atoms with Crippen molar-refractivity contribution in [2.24, 2.45) is 5.41 Å². The van der Waals surface area contributed by atoms with E-state index in [1.807, 2.05) is 69.3 Å². The summed E-state index contributed by atoms with van der Waals surface area (Å²) in [6.07, 6.45) is 3.46. The maximum Gasteiger partial charge on any atom is 0.269 e. The molecule has 3 nitrogen and oxygen atoms in total. The maximum absolute atomic E-state index is 13.5. The third-order valence-electron chi connectivity index (χ3n) is 5.38. The van der Waals surface area contributed by atoms with Crippen LogP contribution in [0.1, 0.15) is 31.9 Å².